The van der Waals surface area contributed by atoms with Gasteiger partial charge >= 0.3 is 0 Å². The Morgan fingerprint density at radius 2 is 2.12 bits per heavy atom. The van der Waals surface area contributed by atoms with Crippen LogP contribution >= 0.6 is 11.6 Å². The largest absolute Gasteiger partial charge is 0.282 e. The lowest BCUT2D eigenvalue weighted by Gasteiger charge is -2.06. The highest BCUT2D eigenvalue weighted by Gasteiger charge is 2.15. The van der Waals surface area contributed by atoms with Gasteiger partial charge in [-0.1, -0.05) is 13.0 Å². The Bertz CT molecular complexity index is 530. The first kappa shape index (κ1) is 13.7. The summed E-state index contributed by atoms with van der Waals surface area (Å²) in [5, 5.41) is 10.2. The number of nitrogens with zero attached hydrogens (tertiary/aromatic N) is 1. The third kappa shape index (κ3) is 3.57. The first-order valence-electron chi connectivity index (χ1n) is 4.73. The molecule has 0 saturated carbocycles. The summed E-state index contributed by atoms with van der Waals surface area (Å²) < 4.78 is 24.5. The monoisotopic (exact) mass is 278 g/mol. The van der Waals surface area contributed by atoms with E-state index >= 15 is 0 Å². The molecule has 1 aromatic rings. The predicted molar refractivity (Wildman–Crippen MR) is 65.7 cm³/mol. The van der Waals surface area contributed by atoms with Gasteiger partial charge in [0.05, 0.1) is 10.6 Å². The van der Waals surface area contributed by atoms with Gasteiger partial charge in [0, 0.05) is 11.6 Å². The summed E-state index contributed by atoms with van der Waals surface area (Å²) in [4.78, 5) is 10.2. The number of hydrogen-bond donors (Lipinski definition) is 1. The molecule has 0 aliphatic heterocycles. The fraction of sp³-hybridized carbons (Fsp3) is 0.333. The third-order valence-corrected chi connectivity index (χ3v) is 3.78. The van der Waals surface area contributed by atoms with E-state index < -0.39 is 20.2 Å². The molecule has 0 aromatic heterocycles. The minimum absolute atomic E-state index is 0.109. The maximum atomic E-state index is 11.2. The van der Waals surface area contributed by atoms with Crippen molar-refractivity contribution in [1.82, 2.24) is 0 Å². The van der Waals surface area contributed by atoms with E-state index in [0.29, 0.717) is 12.0 Å². The Morgan fingerprint density at radius 3 is 2.59 bits per heavy atom. The van der Waals surface area contributed by atoms with Crippen molar-refractivity contribution in [3.05, 3.63) is 33.9 Å². The van der Waals surface area contributed by atoms with E-state index in [1.807, 2.05) is 0 Å². The molecule has 94 valence electrons. The molecule has 1 aromatic carbocycles. The molecular formula is C9H11ClN2O4S. The van der Waals surface area contributed by atoms with E-state index in [4.69, 9.17) is 11.6 Å². The van der Waals surface area contributed by atoms with Crippen molar-refractivity contribution in [2.24, 2.45) is 0 Å². The van der Waals surface area contributed by atoms with E-state index in [2.05, 4.69) is 4.72 Å². The highest BCUT2D eigenvalue weighted by molar-refractivity contribution is 7.93. The lowest BCUT2D eigenvalue weighted by molar-refractivity contribution is -0.385. The number of sulfonamides is 1. The van der Waals surface area contributed by atoms with Crippen LogP contribution in [-0.4, -0.2) is 18.6 Å². The molecule has 8 heteroatoms. The van der Waals surface area contributed by atoms with E-state index in [9.17, 15) is 18.5 Å². The highest BCUT2D eigenvalue weighted by atomic mass is 35.5. The van der Waals surface area contributed by atoms with Crippen LogP contribution in [-0.2, 0) is 16.4 Å². The number of alkyl halides is 1. The average Bonchev–Trinajstić information content (AvgIpc) is 2.28. The van der Waals surface area contributed by atoms with Gasteiger partial charge in [0.2, 0.25) is 10.0 Å². The maximum absolute atomic E-state index is 11.2. The van der Waals surface area contributed by atoms with Crippen LogP contribution in [0.15, 0.2) is 18.2 Å². The first-order valence-corrected chi connectivity index (χ1v) is 6.92. The molecule has 0 bridgehead atoms. The second-order valence-corrected chi connectivity index (χ2v) is 5.59. The predicted octanol–water partition coefficient (Wildman–Crippen LogP) is 2.10. The standard InChI is InChI=1S/C9H11ClN2O4S/c1-2-7-3-4-8(5-9(7)12(13)14)11-17(15,16)6-10/h3-5,11H,2,6H2,1H3. The molecule has 0 aliphatic carbocycles. The van der Waals surface area contributed by atoms with Gasteiger partial charge in [-0.2, -0.15) is 0 Å². The lowest BCUT2D eigenvalue weighted by atomic mass is 10.1. The van der Waals surface area contributed by atoms with Crippen molar-refractivity contribution in [3.63, 3.8) is 0 Å². The third-order valence-electron chi connectivity index (χ3n) is 2.08. The number of rotatable bonds is 5. The molecule has 1 N–H and O–H groups in total. The second kappa shape index (κ2) is 5.33. The van der Waals surface area contributed by atoms with Crippen molar-refractivity contribution in [2.45, 2.75) is 13.3 Å². The van der Waals surface area contributed by atoms with Crippen LogP contribution in [0.5, 0.6) is 0 Å². The number of hydrogen-bond acceptors (Lipinski definition) is 4. The van der Waals surface area contributed by atoms with Crippen LogP contribution in [0.2, 0.25) is 0 Å². The Hall–Kier alpha value is -1.34. The van der Waals surface area contributed by atoms with Gasteiger partial charge in [-0.25, -0.2) is 8.42 Å². The van der Waals surface area contributed by atoms with Gasteiger partial charge in [0.1, 0.15) is 5.21 Å². The first-order chi connectivity index (χ1) is 7.89. The summed E-state index contributed by atoms with van der Waals surface area (Å²) in [5.74, 6) is 0. The summed E-state index contributed by atoms with van der Waals surface area (Å²) in [6.45, 7) is 1.78. The van der Waals surface area contributed by atoms with Crippen LogP contribution < -0.4 is 4.72 Å². The normalized spacial score (nSPS) is 11.2. The van der Waals surface area contributed by atoms with E-state index in [-0.39, 0.29) is 11.4 Å². The van der Waals surface area contributed by atoms with Gasteiger partial charge in [0.25, 0.3) is 5.69 Å². The summed E-state index contributed by atoms with van der Waals surface area (Å²) in [5.41, 5.74) is 0.570. The fourth-order valence-corrected chi connectivity index (χ4v) is 2.01. The zero-order valence-corrected chi connectivity index (χ0v) is 10.6. The zero-order valence-electron chi connectivity index (χ0n) is 9.01. The Labute approximate surface area is 104 Å². The minimum atomic E-state index is -3.64. The Kier molecular flexibility index (Phi) is 4.30. The summed E-state index contributed by atoms with van der Waals surface area (Å²) >= 11 is 5.22. The number of anilines is 1. The topological polar surface area (TPSA) is 89.3 Å². The Balaban J connectivity index is 3.13. The number of halogens is 1. The van der Waals surface area contributed by atoms with Gasteiger partial charge in [-0.3, -0.25) is 14.8 Å². The van der Waals surface area contributed by atoms with Crippen molar-refractivity contribution in [3.8, 4) is 0 Å². The molecule has 0 radical (unpaired) electrons. The molecule has 0 spiro atoms. The number of nitro benzene ring substituents is 1. The second-order valence-electron chi connectivity index (χ2n) is 3.28. The SMILES string of the molecule is CCc1ccc(NS(=O)(=O)CCl)cc1[N+](=O)[O-]. The van der Waals surface area contributed by atoms with Gasteiger partial charge in [0.15, 0.2) is 0 Å². The molecule has 0 unspecified atom stereocenters. The number of aryl methyl sites for hydroxylation is 1. The van der Waals surface area contributed by atoms with Crippen molar-refractivity contribution >= 4 is 33.0 Å². The summed E-state index contributed by atoms with van der Waals surface area (Å²) in [6, 6.07) is 4.17. The van der Waals surface area contributed by atoms with Crippen molar-refractivity contribution < 1.29 is 13.3 Å². The molecule has 6 nitrogen and oxygen atoms in total. The molecule has 0 heterocycles. The molecule has 0 saturated heterocycles. The fourth-order valence-electron chi connectivity index (χ4n) is 1.30. The molecule has 1 rings (SSSR count). The van der Waals surface area contributed by atoms with Crippen molar-refractivity contribution in [2.75, 3.05) is 9.93 Å². The number of nitro groups is 1. The van der Waals surface area contributed by atoms with E-state index in [0.717, 1.165) is 0 Å². The smallest absolute Gasteiger partial charge is 0.274 e. The van der Waals surface area contributed by atoms with E-state index in [1.165, 1.54) is 18.2 Å². The van der Waals surface area contributed by atoms with Crippen LogP contribution in [0, 0.1) is 10.1 Å². The highest BCUT2D eigenvalue weighted by Crippen LogP contribution is 2.24. The van der Waals surface area contributed by atoms with Gasteiger partial charge in [-0.15, -0.1) is 11.6 Å². The van der Waals surface area contributed by atoms with E-state index in [1.54, 1.807) is 6.92 Å². The molecule has 0 atom stereocenters. The molecule has 0 aliphatic rings. The minimum Gasteiger partial charge on any atom is -0.282 e. The lowest BCUT2D eigenvalue weighted by Crippen LogP contribution is -2.13. The van der Waals surface area contributed by atoms with Gasteiger partial charge in [-0.05, 0) is 12.5 Å². The van der Waals surface area contributed by atoms with Crippen LogP contribution in [0.4, 0.5) is 11.4 Å². The maximum Gasteiger partial charge on any atom is 0.274 e. The van der Waals surface area contributed by atoms with Crippen molar-refractivity contribution in [1.29, 1.82) is 0 Å². The molecular weight excluding hydrogens is 268 g/mol. The summed E-state index contributed by atoms with van der Waals surface area (Å²) in [6.07, 6.45) is 0.499. The quantitative estimate of drug-likeness (QED) is 0.507. The Morgan fingerprint density at radius 1 is 1.47 bits per heavy atom. The number of benzene rings is 1. The number of nitrogens with one attached hydrogen (secondary N) is 1. The van der Waals surface area contributed by atoms with Gasteiger partial charge < -0.3 is 0 Å². The average molecular weight is 279 g/mol. The van der Waals surface area contributed by atoms with Crippen LogP contribution in [0.3, 0.4) is 0 Å². The van der Waals surface area contributed by atoms with Crippen LogP contribution in [0.1, 0.15) is 12.5 Å². The zero-order chi connectivity index (χ0) is 13.1. The molecule has 17 heavy (non-hydrogen) atoms. The summed E-state index contributed by atoms with van der Waals surface area (Å²) in [7, 11) is -3.64. The molecule has 0 amide bonds. The van der Waals surface area contributed by atoms with Crippen LogP contribution in [0.25, 0.3) is 0 Å². The molecule has 0 fully saturated rings.